The van der Waals surface area contributed by atoms with Gasteiger partial charge in [0.15, 0.2) is 0 Å². The normalized spacial score (nSPS) is 15.3. The second kappa shape index (κ2) is 8.06. The molecule has 4 rings (SSSR count). The van der Waals surface area contributed by atoms with E-state index in [0.717, 1.165) is 32.6 Å². The molecule has 0 radical (unpaired) electrons. The zero-order chi connectivity index (χ0) is 20.4. The summed E-state index contributed by atoms with van der Waals surface area (Å²) in [7, 11) is 0. The average Bonchev–Trinajstić information content (AvgIpc) is 3.29. The number of thiophene rings is 1. The van der Waals surface area contributed by atoms with E-state index in [9.17, 15) is 14.4 Å². The van der Waals surface area contributed by atoms with Crippen LogP contribution < -0.4 is 0 Å². The molecule has 5 nitrogen and oxygen atoms in total. The van der Waals surface area contributed by atoms with Crippen molar-refractivity contribution in [3.63, 3.8) is 0 Å². The summed E-state index contributed by atoms with van der Waals surface area (Å²) in [6.07, 6.45) is 1.73. The number of aromatic carboxylic acids is 1. The molecular formula is C22H15NO4S2. The van der Waals surface area contributed by atoms with Crippen molar-refractivity contribution in [2.45, 2.75) is 6.54 Å². The summed E-state index contributed by atoms with van der Waals surface area (Å²) in [5.41, 5.74) is 2.04. The number of amides is 2. The van der Waals surface area contributed by atoms with E-state index in [4.69, 9.17) is 5.11 Å². The number of imide groups is 1. The minimum Gasteiger partial charge on any atom is -0.478 e. The van der Waals surface area contributed by atoms with Crippen LogP contribution in [-0.4, -0.2) is 27.1 Å². The van der Waals surface area contributed by atoms with Crippen molar-refractivity contribution in [3.05, 3.63) is 87.6 Å². The Morgan fingerprint density at radius 2 is 1.69 bits per heavy atom. The summed E-state index contributed by atoms with van der Waals surface area (Å²) in [5, 5.41) is 8.73. The fourth-order valence-corrected chi connectivity index (χ4v) is 4.75. The van der Waals surface area contributed by atoms with Crippen molar-refractivity contribution in [1.82, 2.24) is 4.90 Å². The molecule has 1 aliphatic rings. The lowest BCUT2D eigenvalue weighted by molar-refractivity contribution is -0.123. The van der Waals surface area contributed by atoms with Gasteiger partial charge in [-0.3, -0.25) is 14.5 Å². The van der Waals surface area contributed by atoms with Gasteiger partial charge in [-0.05, 0) is 53.2 Å². The molecule has 0 unspecified atom stereocenters. The molecule has 1 fully saturated rings. The first kappa shape index (κ1) is 19.2. The molecule has 0 bridgehead atoms. The number of hydrogen-bond donors (Lipinski definition) is 1. The van der Waals surface area contributed by atoms with E-state index in [1.54, 1.807) is 30.3 Å². The lowest BCUT2D eigenvalue weighted by atomic mass is 10.1. The molecular weight excluding hydrogens is 406 g/mol. The number of benzene rings is 2. The summed E-state index contributed by atoms with van der Waals surface area (Å²) in [4.78, 5) is 39.4. The highest BCUT2D eigenvalue weighted by atomic mass is 32.2. The maximum atomic E-state index is 12.7. The smallest absolute Gasteiger partial charge is 0.335 e. The molecule has 1 saturated heterocycles. The van der Waals surface area contributed by atoms with Gasteiger partial charge in [-0.15, -0.1) is 11.3 Å². The topological polar surface area (TPSA) is 74.7 Å². The van der Waals surface area contributed by atoms with Crippen molar-refractivity contribution in [1.29, 1.82) is 0 Å². The maximum absolute atomic E-state index is 12.7. The number of carboxylic acid groups (broad SMARTS) is 1. The summed E-state index contributed by atoms with van der Waals surface area (Å²) < 4.78 is 0. The Morgan fingerprint density at radius 1 is 0.966 bits per heavy atom. The summed E-state index contributed by atoms with van der Waals surface area (Å²) in [5.74, 6) is -1.25. The molecule has 0 atom stereocenters. The summed E-state index contributed by atoms with van der Waals surface area (Å²) in [6.45, 7) is 0.258. The molecule has 1 aliphatic heterocycles. The van der Waals surface area contributed by atoms with Gasteiger partial charge in [-0.25, -0.2) is 4.79 Å². The number of carboxylic acids is 1. The second-order valence-electron chi connectivity index (χ2n) is 6.34. The van der Waals surface area contributed by atoms with Crippen LogP contribution in [0.3, 0.4) is 0 Å². The van der Waals surface area contributed by atoms with Gasteiger partial charge in [0.1, 0.15) is 0 Å². The zero-order valence-corrected chi connectivity index (χ0v) is 16.7. The highest BCUT2D eigenvalue weighted by Crippen LogP contribution is 2.36. The molecule has 0 aliphatic carbocycles. The highest BCUT2D eigenvalue weighted by molar-refractivity contribution is 8.18. The predicted octanol–water partition coefficient (Wildman–Crippen LogP) is 5.35. The van der Waals surface area contributed by atoms with Crippen LogP contribution in [0.25, 0.3) is 16.5 Å². The Kier molecular flexibility index (Phi) is 5.33. The monoisotopic (exact) mass is 421 g/mol. The van der Waals surface area contributed by atoms with Gasteiger partial charge in [-0.2, -0.15) is 0 Å². The SMILES string of the molecule is O=C(O)c1ccc(-c2ccc(C=C3SC(=O)N(Cc4ccccc4)C3=O)s2)cc1. The lowest BCUT2D eigenvalue weighted by Gasteiger charge is -2.11. The highest BCUT2D eigenvalue weighted by Gasteiger charge is 2.35. The molecule has 1 aromatic heterocycles. The zero-order valence-electron chi connectivity index (χ0n) is 15.1. The third-order valence-corrected chi connectivity index (χ3v) is 6.36. The van der Waals surface area contributed by atoms with E-state index in [1.165, 1.54) is 16.2 Å². The molecule has 0 spiro atoms. The third kappa shape index (κ3) is 4.16. The number of thioether (sulfide) groups is 1. The fraction of sp³-hybridized carbons (Fsp3) is 0.0455. The minimum absolute atomic E-state index is 0.234. The van der Waals surface area contributed by atoms with Crippen LogP contribution in [0.1, 0.15) is 20.8 Å². The van der Waals surface area contributed by atoms with Crippen LogP contribution in [0.15, 0.2) is 71.6 Å². The Balaban J connectivity index is 1.52. The first-order valence-corrected chi connectivity index (χ1v) is 10.4. The Labute approximate surface area is 175 Å². The largest absolute Gasteiger partial charge is 0.478 e. The fourth-order valence-electron chi connectivity index (χ4n) is 2.89. The first-order chi connectivity index (χ1) is 14.0. The van der Waals surface area contributed by atoms with Crippen molar-refractivity contribution in [2.75, 3.05) is 0 Å². The van der Waals surface area contributed by atoms with Crippen molar-refractivity contribution >= 4 is 46.3 Å². The number of nitrogens with zero attached hydrogens (tertiary/aromatic N) is 1. The van der Waals surface area contributed by atoms with Crippen molar-refractivity contribution in [3.8, 4) is 10.4 Å². The maximum Gasteiger partial charge on any atom is 0.335 e. The summed E-state index contributed by atoms with van der Waals surface area (Å²) >= 11 is 2.42. The minimum atomic E-state index is -0.963. The van der Waals surface area contributed by atoms with Gasteiger partial charge in [0.2, 0.25) is 0 Å². The van der Waals surface area contributed by atoms with Crippen LogP contribution in [0.2, 0.25) is 0 Å². The van der Waals surface area contributed by atoms with E-state index < -0.39 is 5.97 Å². The second-order valence-corrected chi connectivity index (χ2v) is 8.45. The number of hydrogen-bond acceptors (Lipinski definition) is 5. The first-order valence-electron chi connectivity index (χ1n) is 8.74. The van der Waals surface area contributed by atoms with E-state index >= 15 is 0 Å². The molecule has 3 aromatic rings. The van der Waals surface area contributed by atoms with Gasteiger partial charge < -0.3 is 5.11 Å². The van der Waals surface area contributed by atoms with Crippen LogP contribution >= 0.6 is 23.1 Å². The van der Waals surface area contributed by atoms with Crippen LogP contribution in [0.4, 0.5) is 4.79 Å². The van der Waals surface area contributed by atoms with Crippen molar-refractivity contribution < 1.29 is 19.5 Å². The molecule has 2 amide bonds. The van der Waals surface area contributed by atoms with Crippen molar-refractivity contribution in [2.24, 2.45) is 0 Å². The van der Waals surface area contributed by atoms with E-state index in [-0.39, 0.29) is 23.3 Å². The van der Waals surface area contributed by atoms with E-state index in [2.05, 4.69) is 0 Å². The average molecular weight is 421 g/mol. The van der Waals surface area contributed by atoms with Gasteiger partial charge in [0, 0.05) is 9.75 Å². The third-order valence-electron chi connectivity index (χ3n) is 4.37. The number of carbonyl (C=O) groups is 3. The quantitative estimate of drug-likeness (QED) is 0.562. The van der Waals surface area contributed by atoms with E-state index in [1.807, 2.05) is 42.5 Å². The standard InChI is InChI=1S/C22H15NO4S2/c24-20-19(29-22(27)23(20)13-14-4-2-1-3-5-14)12-17-10-11-18(28-17)15-6-8-16(9-7-15)21(25)26/h1-12H,13H2,(H,25,26). The Morgan fingerprint density at radius 3 is 2.38 bits per heavy atom. The van der Waals surface area contributed by atoms with Crippen LogP contribution in [-0.2, 0) is 11.3 Å². The van der Waals surface area contributed by atoms with Gasteiger partial charge in [0.05, 0.1) is 17.0 Å². The Hall–Kier alpha value is -3.16. The van der Waals surface area contributed by atoms with Crippen LogP contribution in [0, 0.1) is 0 Å². The number of rotatable bonds is 5. The molecule has 2 heterocycles. The molecule has 1 N–H and O–H groups in total. The van der Waals surface area contributed by atoms with Gasteiger partial charge >= 0.3 is 5.97 Å². The Bertz CT molecular complexity index is 1120. The summed E-state index contributed by atoms with van der Waals surface area (Å²) in [6, 6.07) is 19.8. The molecule has 2 aromatic carbocycles. The van der Waals surface area contributed by atoms with Gasteiger partial charge in [-0.1, -0.05) is 42.5 Å². The molecule has 0 saturated carbocycles. The lowest BCUT2D eigenvalue weighted by Crippen LogP contribution is -2.27. The molecule has 144 valence electrons. The van der Waals surface area contributed by atoms with Gasteiger partial charge in [0.25, 0.3) is 11.1 Å². The van der Waals surface area contributed by atoms with Crippen LogP contribution in [0.5, 0.6) is 0 Å². The molecule has 7 heteroatoms. The molecule has 29 heavy (non-hydrogen) atoms. The van der Waals surface area contributed by atoms with E-state index in [0.29, 0.717) is 4.91 Å². The number of carbonyl (C=O) groups excluding carboxylic acids is 2. The predicted molar refractivity (Wildman–Crippen MR) is 115 cm³/mol.